The molecule has 3 aliphatic rings. The van der Waals surface area contributed by atoms with E-state index >= 15 is 4.39 Å². The fraction of sp³-hybridized carbons (Fsp3) is 0.571. The fourth-order valence-electron chi connectivity index (χ4n) is 6.22. The van der Waals surface area contributed by atoms with Gasteiger partial charge >= 0.3 is 6.01 Å². The van der Waals surface area contributed by atoms with Gasteiger partial charge in [0.05, 0.1) is 44.0 Å². The lowest BCUT2D eigenvalue weighted by Gasteiger charge is -2.32. The summed E-state index contributed by atoms with van der Waals surface area (Å²) in [6, 6.07) is 2.54. The van der Waals surface area contributed by atoms with Crippen molar-refractivity contribution in [2.45, 2.75) is 64.2 Å². The molecule has 3 aromatic rings. The lowest BCUT2D eigenvalue weighted by atomic mass is 9.95. The summed E-state index contributed by atoms with van der Waals surface area (Å²) in [5, 5.41) is 7.45. The zero-order valence-corrected chi connectivity index (χ0v) is 23.8. The second-order valence-corrected chi connectivity index (χ2v) is 10.9. The molecular formula is C28H36F3N7O3. The molecule has 6 rings (SSSR count). The van der Waals surface area contributed by atoms with Crippen LogP contribution in [0.3, 0.4) is 0 Å². The Hall–Kier alpha value is -3.61. The average Bonchev–Trinajstić information content (AvgIpc) is 3.66. The molecule has 222 valence electrons. The summed E-state index contributed by atoms with van der Waals surface area (Å²) in [5.74, 6) is -1.70. The van der Waals surface area contributed by atoms with Gasteiger partial charge in [-0.3, -0.25) is 18.8 Å². The fourth-order valence-corrected chi connectivity index (χ4v) is 6.22. The molecule has 41 heavy (non-hydrogen) atoms. The van der Waals surface area contributed by atoms with E-state index in [1.807, 2.05) is 18.7 Å². The van der Waals surface area contributed by atoms with Crippen molar-refractivity contribution in [1.82, 2.24) is 30.0 Å². The first-order valence-corrected chi connectivity index (χ1v) is 13.9. The Bertz CT molecular complexity index is 1420. The number of ether oxygens (including phenoxy) is 2. The van der Waals surface area contributed by atoms with E-state index in [1.165, 1.54) is 7.11 Å². The van der Waals surface area contributed by atoms with Crippen molar-refractivity contribution >= 4 is 22.6 Å². The predicted octanol–water partition coefficient (Wildman–Crippen LogP) is 3.86. The summed E-state index contributed by atoms with van der Waals surface area (Å²) in [6.07, 6.45) is 4.33. The van der Waals surface area contributed by atoms with Crippen LogP contribution in [0.4, 0.5) is 19.0 Å². The van der Waals surface area contributed by atoms with Gasteiger partial charge in [-0.05, 0) is 58.7 Å². The minimum absolute atomic E-state index is 0.0177. The Balaban J connectivity index is 0.00000165. The van der Waals surface area contributed by atoms with E-state index < -0.39 is 11.6 Å². The van der Waals surface area contributed by atoms with Gasteiger partial charge in [0.1, 0.15) is 17.9 Å². The number of amides is 1. The van der Waals surface area contributed by atoms with Gasteiger partial charge in [-0.1, -0.05) is 0 Å². The van der Waals surface area contributed by atoms with Gasteiger partial charge in [0.2, 0.25) is 0 Å². The number of rotatable bonds is 7. The van der Waals surface area contributed by atoms with Gasteiger partial charge in [0, 0.05) is 18.7 Å². The molecule has 0 saturated carbocycles. The van der Waals surface area contributed by atoms with Crippen LogP contribution >= 0.6 is 0 Å². The number of anilines is 1. The molecule has 0 spiro atoms. The monoisotopic (exact) mass is 575 g/mol. The Kier molecular flexibility index (Phi) is 8.25. The summed E-state index contributed by atoms with van der Waals surface area (Å²) < 4.78 is 52.8. The summed E-state index contributed by atoms with van der Waals surface area (Å²) in [5.41, 5.74) is 1.01. The minimum Gasteiger partial charge on any atom is -0.493 e. The zero-order chi connectivity index (χ0) is 29.3. The normalized spacial score (nSPS) is 17.7. The first kappa shape index (κ1) is 28.9. The zero-order valence-electron chi connectivity index (χ0n) is 23.8. The Morgan fingerprint density at radius 1 is 1.07 bits per heavy atom. The van der Waals surface area contributed by atoms with Gasteiger partial charge < -0.3 is 19.7 Å². The van der Waals surface area contributed by atoms with Crippen LogP contribution in [-0.4, -0.2) is 82.7 Å². The topological polar surface area (TPSA) is 97.6 Å². The molecular weight excluding hydrogens is 539 g/mol. The number of alkyl halides is 1. The molecule has 1 aromatic carbocycles. The molecule has 3 aliphatic heterocycles. The van der Waals surface area contributed by atoms with Crippen LogP contribution in [0.25, 0.3) is 10.9 Å². The van der Waals surface area contributed by atoms with E-state index in [9.17, 15) is 13.6 Å². The number of benzene rings is 1. The molecule has 0 atom stereocenters. The maximum absolute atomic E-state index is 15.2. The van der Waals surface area contributed by atoms with Crippen LogP contribution in [0.1, 0.15) is 55.7 Å². The standard InChI is InChI=1S/C27H33F2N7O3.CH3F/c1-16(2)30-25(37)20-12-17-14-34(10-11-36(17)33-20)24-21-22(18(28)13-19(29)23(21)38-3)31-26(32-24)39-15-27-6-4-8-35(27)9-5-7-27;1-2/h12-13,16H,4-11,14-15H2,1-3H3,(H,30,37);1H3. The van der Waals surface area contributed by atoms with E-state index in [-0.39, 0.29) is 40.2 Å². The van der Waals surface area contributed by atoms with E-state index in [0.29, 0.717) is 44.9 Å². The number of hydrogen-bond acceptors (Lipinski definition) is 8. The van der Waals surface area contributed by atoms with Gasteiger partial charge in [-0.15, -0.1) is 0 Å². The minimum atomic E-state index is -0.831. The quantitative estimate of drug-likeness (QED) is 0.454. The van der Waals surface area contributed by atoms with Crippen molar-refractivity contribution in [1.29, 1.82) is 0 Å². The number of carbonyl (C=O) groups excluding carboxylic acids is 1. The Morgan fingerprint density at radius 2 is 1.80 bits per heavy atom. The SMILES string of the molecule is CF.COc1c(F)cc(F)c2nc(OCC34CCCN3CCC4)nc(N3CCn4nc(C(=O)NC(C)C)cc4C3)c12. The molecule has 1 amide bonds. The van der Waals surface area contributed by atoms with E-state index in [2.05, 4.69) is 20.3 Å². The highest BCUT2D eigenvalue weighted by Gasteiger charge is 2.45. The number of carbonyl (C=O) groups is 1. The highest BCUT2D eigenvalue weighted by molar-refractivity contribution is 5.96. The molecule has 1 N–H and O–H groups in total. The van der Waals surface area contributed by atoms with Crippen LogP contribution in [0.15, 0.2) is 12.1 Å². The van der Waals surface area contributed by atoms with Crippen molar-refractivity contribution in [2.24, 2.45) is 0 Å². The lowest BCUT2D eigenvalue weighted by molar-refractivity contribution is 0.0937. The lowest BCUT2D eigenvalue weighted by Crippen LogP contribution is -2.43. The largest absolute Gasteiger partial charge is 0.493 e. The number of hydrogen-bond donors (Lipinski definition) is 1. The van der Waals surface area contributed by atoms with Crippen molar-refractivity contribution in [3.8, 4) is 11.8 Å². The third-order valence-corrected chi connectivity index (χ3v) is 8.03. The molecule has 0 radical (unpaired) electrons. The van der Waals surface area contributed by atoms with E-state index in [1.54, 1.807) is 10.7 Å². The summed E-state index contributed by atoms with van der Waals surface area (Å²) >= 11 is 0. The molecule has 2 fully saturated rings. The number of methoxy groups -OCH3 is 1. The molecule has 10 nitrogen and oxygen atoms in total. The van der Waals surface area contributed by atoms with Crippen LogP contribution < -0.4 is 19.7 Å². The maximum atomic E-state index is 15.2. The van der Waals surface area contributed by atoms with Crippen LogP contribution in [0.5, 0.6) is 11.8 Å². The van der Waals surface area contributed by atoms with E-state index in [0.717, 1.165) is 50.5 Å². The van der Waals surface area contributed by atoms with Gasteiger partial charge in [-0.25, -0.2) is 8.78 Å². The number of nitrogens with zero attached hydrogens (tertiary/aromatic N) is 6. The number of halogens is 3. The van der Waals surface area contributed by atoms with Crippen molar-refractivity contribution < 1.29 is 27.4 Å². The van der Waals surface area contributed by atoms with Gasteiger partial charge in [0.25, 0.3) is 5.91 Å². The van der Waals surface area contributed by atoms with Crippen LogP contribution in [0.2, 0.25) is 0 Å². The first-order valence-electron chi connectivity index (χ1n) is 13.9. The smallest absolute Gasteiger partial charge is 0.319 e. The Morgan fingerprint density at radius 3 is 2.49 bits per heavy atom. The van der Waals surface area contributed by atoms with Gasteiger partial charge in [-0.2, -0.15) is 15.1 Å². The summed E-state index contributed by atoms with van der Waals surface area (Å²) in [6.45, 7) is 7.53. The summed E-state index contributed by atoms with van der Waals surface area (Å²) in [4.78, 5) is 26.0. The van der Waals surface area contributed by atoms with Crippen molar-refractivity contribution in [3.05, 3.63) is 35.2 Å². The third-order valence-electron chi connectivity index (χ3n) is 8.03. The second-order valence-electron chi connectivity index (χ2n) is 10.9. The van der Waals surface area contributed by atoms with E-state index in [4.69, 9.17) is 14.5 Å². The van der Waals surface area contributed by atoms with Crippen LogP contribution in [-0.2, 0) is 13.1 Å². The third kappa shape index (κ3) is 5.39. The second kappa shape index (κ2) is 11.7. The highest BCUT2D eigenvalue weighted by Crippen LogP contribution is 2.41. The maximum Gasteiger partial charge on any atom is 0.319 e. The number of nitrogens with one attached hydrogen (secondary N) is 1. The van der Waals surface area contributed by atoms with Gasteiger partial charge in [0.15, 0.2) is 23.1 Å². The van der Waals surface area contributed by atoms with Crippen LogP contribution in [0, 0.1) is 11.6 Å². The first-order chi connectivity index (χ1) is 19.8. The molecule has 2 saturated heterocycles. The van der Waals surface area contributed by atoms with Crippen molar-refractivity contribution in [3.63, 3.8) is 0 Å². The average molecular weight is 576 g/mol. The molecule has 0 aliphatic carbocycles. The summed E-state index contributed by atoms with van der Waals surface area (Å²) in [7, 11) is 1.84. The molecule has 0 unspecified atom stereocenters. The molecule has 2 aromatic heterocycles. The van der Waals surface area contributed by atoms with Crippen molar-refractivity contribution in [2.75, 3.05) is 45.4 Å². The molecule has 0 bridgehead atoms. The number of fused-ring (bicyclic) bond motifs is 3. The highest BCUT2D eigenvalue weighted by atomic mass is 19.1. The molecule has 13 heteroatoms. The molecule has 5 heterocycles. The Labute approximate surface area is 236 Å². The number of aromatic nitrogens is 4. The predicted molar refractivity (Wildman–Crippen MR) is 147 cm³/mol.